The summed E-state index contributed by atoms with van der Waals surface area (Å²) in [5.74, 6) is -2.64. The van der Waals surface area contributed by atoms with Crippen LogP contribution >= 0.6 is 0 Å². The van der Waals surface area contributed by atoms with Gasteiger partial charge in [0.05, 0.1) is 6.04 Å². The number of nitrogens with zero attached hydrogens (tertiary/aromatic N) is 3. The van der Waals surface area contributed by atoms with E-state index < -0.39 is 29.3 Å². The largest absolute Gasteiger partial charge is 0.504 e. The molecule has 1 fully saturated rings. The van der Waals surface area contributed by atoms with Crippen LogP contribution in [0.5, 0.6) is 5.75 Å². The predicted molar refractivity (Wildman–Crippen MR) is 123 cm³/mol. The van der Waals surface area contributed by atoms with Crippen molar-refractivity contribution in [2.24, 2.45) is 0 Å². The summed E-state index contributed by atoms with van der Waals surface area (Å²) in [6, 6.07) is 12.9. The molecule has 0 saturated heterocycles. The molecule has 1 aliphatic carbocycles. The van der Waals surface area contributed by atoms with Crippen molar-refractivity contribution in [3.05, 3.63) is 82.4 Å². The molecule has 2 aliphatic rings. The smallest absolute Gasteiger partial charge is 0.275 e. The lowest BCUT2D eigenvalue weighted by molar-refractivity contribution is 0.0719. The molecule has 1 aliphatic heterocycles. The highest BCUT2D eigenvalue weighted by Crippen LogP contribution is 2.33. The number of aromatic hydroxyl groups is 1. The Hall–Kier alpha value is -4.21. The van der Waals surface area contributed by atoms with Gasteiger partial charge in [-0.2, -0.15) is 5.10 Å². The maximum absolute atomic E-state index is 13.8. The molecule has 3 N–H and O–H groups in total. The first-order valence-electron chi connectivity index (χ1n) is 11.3. The Morgan fingerprint density at radius 2 is 1.89 bits per heavy atom. The Labute approximate surface area is 200 Å². The van der Waals surface area contributed by atoms with E-state index in [0.717, 1.165) is 24.5 Å². The zero-order valence-corrected chi connectivity index (χ0v) is 19.0. The van der Waals surface area contributed by atoms with E-state index in [4.69, 9.17) is 0 Å². The highest BCUT2D eigenvalue weighted by Gasteiger charge is 2.37. The van der Waals surface area contributed by atoms with Crippen LogP contribution < -0.4 is 10.6 Å². The number of hydrogen-bond donors (Lipinski definition) is 3. The zero-order chi connectivity index (χ0) is 24.7. The van der Waals surface area contributed by atoms with E-state index in [9.17, 15) is 23.9 Å². The van der Waals surface area contributed by atoms with E-state index >= 15 is 0 Å². The number of halogens is 1. The summed E-state index contributed by atoms with van der Waals surface area (Å²) in [4.78, 5) is 39.7. The minimum atomic E-state index is -0.718. The van der Waals surface area contributed by atoms with E-state index in [-0.39, 0.29) is 35.6 Å². The predicted octanol–water partition coefficient (Wildman–Crippen LogP) is 2.23. The van der Waals surface area contributed by atoms with Crippen molar-refractivity contribution >= 4 is 17.7 Å². The van der Waals surface area contributed by atoms with Crippen molar-refractivity contribution in [2.75, 3.05) is 13.6 Å². The second kappa shape index (κ2) is 8.86. The van der Waals surface area contributed by atoms with Crippen LogP contribution in [0.1, 0.15) is 61.3 Å². The van der Waals surface area contributed by atoms with Gasteiger partial charge in [0.2, 0.25) is 0 Å². The number of amides is 3. The summed E-state index contributed by atoms with van der Waals surface area (Å²) in [5.41, 5.74) is 1.06. The lowest BCUT2D eigenvalue weighted by atomic mass is 10.0. The van der Waals surface area contributed by atoms with Crippen LogP contribution in [0.2, 0.25) is 0 Å². The Morgan fingerprint density at radius 1 is 1.14 bits per heavy atom. The summed E-state index contributed by atoms with van der Waals surface area (Å²) in [7, 11) is 1.62. The first-order valence-corrected chi connectivity index (χ1v) is 11.3. The fraction of sp³-hybridized carbons (Fsp3) is 0.280. The van der Waals surface area contributed by atoms with Gasteiger partial charge in [-0.3, -0.25) is 14.4 Å². The second-order valence-electron chi connectivity index (χ2n) is 8.83. The lowest BCUT2D eigenvalue weighted by Gasteiger charge is -2.31. The maximum Gasteiger partial charge on any atom is 0.275 e. The molecular formula is C25H24FN5O4. The molecule has 0 unspecified atom stereocenters. The summed E-state index contributed by atoms with van der Waals surface area (Å²) in [6.07, 6.45) is 1.77. The third-order valence-corrected chi connectivity index (χ3v) is 6.24. The Morgan fingerprint density at radius 3 is 2.60 bits per heavy atom. The number of nitrogens with one attached hydrogen (secondary N) is 2. The highest BCUT2D eigenvalue weighted by molar-refractivity contribution is 6.02. The van der Waals surface area contributed by atoms with Crippen molar-refractivity contribution in [1.29, 1.82) is 0 Å². The Bertz CT molecular complexity index is 1320. The fourth-order valence-corrected chi connectivity index (χ4v) is 4.19. The number of hydrogen-bond acceptors (Lipinski definition) is 5. The van der Waals surface area contributed by atoms with Crippen molar-refractivity contribution in [2.45, 2.75) is 31.5 Å². The van der Waals surface area contributed by atoms with Crippen molar-refractivity contribution in [3.63, 3.8) is 0 Å². The molecule has 1 aromatic heterocycles. The normalized spacial score (nSPS) is 17.1. The number of carbonyl (C=O) groups is 3. The first-order chi connectivity index (χ1) is 16.8. The molecule has 2 aromatic carbocycles. The molecule has 3 aromatic rings. The van der Waals surface area contributed by atoms with Gasteiger partial charge in [-0.05, 0) is 36.1 Å². The molecule has 0 spiro atoms. The van der Waals surface area contributed by atoms with Gasteiger partial charge < -0.3 is 20.6 Å². The summed E-state index contributed by atoms with van der Waals surface area (Å²) in [5, 5.41) is 20.5. The molecular weight excluding hydrogens is 453 g/mol. The molecule has 3 amide bonds. The Balaban J connectivity index is 1.40. The average molecular weight is 477 g/mol. The topological polar surface area (TPSA) is 117 Å². The minimum Gasteiger partial charge on any atom is -0.504 e. The van der Waals surface area contributed by atoms with Crippen molar-refractivity contribution in [3.8, 4) is 5.75 Å². The lowest BCUT2D eigenvalue weighted by Crippen LogP contribution is -2.41. The van der Waals surface area contributed by atoms with Crippen LogP contribution in [0, 0.1) is 5.82 Å². The third-order valence-electron chi connectivity index (χ3n) is 6.24. The van der Waals surface area contributed by atoms with Crippen molar-refractivity contribution < 1.29 is 23.9 Å². The van der Waals surface area contributed by atoms with E-state index in [1.807, 2.05) is 30.3 Å². The monoisotopic (exact) mass is 477 g/mol. The van der Waals surface area contributed by atoms with Gasteiger partial charge in [-0.15, -0.1) is 0 Å². The van der Waals surface area contributed by atoms with E-state index in [1.165, 1.54) is 21.7 Å². The van der Waals surface area contributed by atoms with Crippen LogP contribution in [-0.2, 0) is 6.54 Å². The summed E-state index contributed by atoms with van der Waals surface area (Å²) >= 11 is 0. The van der Waals surface area contributed by atoms with Crippen molar-refractivity contribution in [1.82, 2.24) is 25.3 Å². The van der Waals surface area contributed by atoms with Gasteiger partial charge in [-0.25, -0.2) is 9.07 Å². The number of aromatic nitrogens is 2. The fourth-order valence-electron chi connectivity index (χ4n) is 4.19. The van der Waals surface area contributed by atoms with Gasteiger partial charge in [-0.1, -0.05) is 36.4 Å². The molecule has 0 radical (unpaired) electrons. The standard InChI is InChI=1S/C25H24FN5O4/c1-30-13-19(14-5-3-2-4-6-14)31-21(25(30)35)22(32)20(29-31)24(34)27-12-15-7-8-16(26)11-18(15)23(33)28-17-9-10-17/h2-8,11,17,19,32H,9-10,12-13H2,1H3,(H,27,34)(H,28,33)/t19-/m1/s1. The molecule has 2 heterocycles. The molecule has 9 nitrogen and oxygen atoms in total. The minimum absolute atomic E-state index is 0.0657. The number of carbonyl (C=O) groups excluding carboxylic acids is 3. The summed E-state index contributed by atoms with van der Waals surface area (Å²) in [6.45, 7) is 0.233. The maximum atomic E-state index is 13.8. The number of likely N-dealkylation sites (N-methyl/N-ethyl adjacent to an activating group) is 1. The van der Waals surface area contributed by atoms with Crippen LogP contribution in [0.4, 0.5) is 4.39 Å². The molecule has 1 saturated carbocycles. The zero-order valence-electron chi connectivity index (χ0n) is 19.0. The van der Waals surface area contributed by atoms with E-state index in [0.29, 0.717) is 12.1 Å². The second-order valence-corrected chi connectivity index (χ2v) is 8.83. The van der Waals surface area contributed by atoms with Gasteiger partial charge in [0, 0.05) is 31.7 Å². The average Bonchev–Trinajstić information content (AvgIpc) is 3.60. The van der Waals surface area contributed by atoms with Crippen LogP contribution in [0.3, 0.4) is 0 Å². The van der Waals surface area contributed by atoms with E-state index in [2.05, 4.69) is 15.7 Å². The number of rotatable bonds is 6. The molecule has 10 heteroatoms. The van der Waals surface area contributed by atoms with Crippen LogP contribution in [-0.4, -0.2) is 57.1 Å². The molecule has 35 heavy (non-hydrogen) atoms. The van der Waals surface area contributed by atoms with Gasteiger partial charge in [0.1, 0.15) is 5.82 Å². The number of benzene rings is 2. The molecule has 0 bridgehead atoms. The third kappa shape index (κ3) is 4.34. The molecule has 5 rings (SSSR count). The van der Waals surface area contributed by atoms with Crippen LogP contribution in [0.25, 0.3) is 0 Å². The van der Waals surface area contributed by atoms with Gasteiger partial charge in [0.15, 0.2) is 17.1 Å². The number of fused-ring (bicyclic) bond motifs is 1. The quantitative estimate of drug-likeness (QED) is 0.504. The summed E-state index contributed by atoms with van der Waals surface area (Å²) < 4.78 is 15.2. The first kappa shape index (κ1) is 22.6. The highest BCUT2D eigenvalue weighted by atomic mass is 19.1. The SMILES string of the molecule is CN1C[C@H](c2ccccc2)n2nc(C(=O)NCc3ccc(F)cc3C(=O)NC3CC3)c(O)c2C1=O. The van der Waals surface area contributed by atoms with E-state index in [1.54, 1.807) is 7.05 Å². The molecule has 1 atom stereocenters. The molecule has 180 valence electrons. The Kier molecular flexibility index (Phi) is 5.72. The van der Waals surface area contributed by atoms with Gasteiger partial charge >= 0.3 is 0 Å². The van der Waals surface area contributed by atoms with Crippen LogP contribution in [0.15, 0.2) is 48.5 Å². The van der Waals surface area contributed by atoms with Gasteiger partial charge in [0.25, 0.3) is 17.7 Å².